The van der Waals surface area contributed by atoms with Gasteiger partial charge in [0.05, 0.1) is 18.9 Å². The molecule has 3 rings (SSSR count). The summed E-state index contributed by atoms with van der Waals surface area (Å²) < 4.78 is 6.85. The lowest BCUT2D eigenvalue weighted by atomic mass is 9.99. The first-order chi connectivity index (χ1) is 11.0. The summed E-state index contributed by atoms with van der Waals surface area (Å²) in [5.41, 5.74) is 4.09. The van der Waals surface area contributed by atoms with E-state index in [0.29, 0.717) is 12.1 Å². The molecule has 0 saturated carbocycles. The van der Waals surface area contributed by atoms with Gasteiger partial charge in [-0.15, -0.1) is 0 Å². The highest BCUT2D eigenvalue weighted by molar-refractivity contribution is 7.71. The fourth-order valence-corrected chi connectivity index (χ4v) is 2.78. The smallest absolute Gasteiger partial charge is 0.264 e. The van der Waals surface area contributed by atoms with Crippen molar-refractivity contribution < 1.29 is 9.84 Å². The standard InChI is InChI=1S/C15H16N4O3S/c1-19-14(21)12(13(20)16-15(19)23)10-7-9(17-18-10)8-5-3-4-6-11(8)22-2/h3-6,9,17,21H,7H2,1-2H3,(H,16,20,23). The fraction of sp³-hybridized carbons (Fsp3) is 0.267. The first-order valence-electron chi connectivity index (χ1n) is 7.00. The van der Waals surface area contributed by atoms with Crippen molar-refractivity contribution >= 4 is 17.9 Å². The molecule has 8 heteroatoms. The molecule has 0 spiro atoms. The number of benzene rings is 1. The summed E-state index contributed by atoms with van der Waals surface area (Å²) >= 11 is 4.97. The number of hydrazone groups is 1. The molecule has 0 aliphatic carbocycles. The number of methoxy groups -OCH3 is 1. The Hall–Kier alpha value is -2.61. The second-order valence-corrected chi connectivity index (χ2v) is 5.59. The largest absolute Gasteiger partial charge is 0.496 e. The van der Waals surface area contributed by atoms with Crippen LogP contribution in [0.25, 0.3) is 0 Å². The van der Waals surface area contributed by atoms with Crippen molar-refractivity contribution in [3.63, 3.8) is 0 Å². The van der Waals surface area contributed by atoms with Gasteiger partial charge in [0, 0.05) is 19.0 Å². The summed E-state index contributed by atoms with van der Waals surface area (Å²) in [6, 6.07) is 7.47. The Labute approximate surface area is 137 Å². The molecule has 120 valence electrons. The van der Waals surface area contributed by atoms with Crippen molar-refractivity contribution in [2.24, 2.45) is 12.1 Å². The minimum absolute atomic E-state index is 0.131. The first-order valence-corrected chi connectivity index (χ1v) is 7.41. The van der Waals surface area contributed by atoms with Crippen LogP contribution < -0.4 is 15.7 Å². The molecule has 2 aromatic rings. The molecule has 2 heterocycles. The molecule has 1 unspecified atom stereocenters. The zero-order valence-electron chi connectivity index (χ0n) is 12.7. The second-order valence-electron chi connectivity index (χ2n) is 5.20. The highest BCUT2D eigenvalue weighted by Crippen LogP contribution is 2.31. The number of rotatable bonds is 3. The summed E-state index contributed by atoms with van der Waals surface area (Å²) in [5.74, 6) is 0.547. The number of nitrogens with one attached hydrogen (secondary N) is 2. The molecule has 0 amide bonds. The van der Waals surface area contributed by atoms with Crippen molar-refractivity contribution in [2.75, 3.05) is 7.11 Å². The summed E-state index contributed by atoms with van der Waals surface area (Å²) in [6.45, 7) is 0. The van der Waals surface area contributed by atoms with Gasteiger partial charge in [0.15, 0.2) is 4.77 Å². The van der Waals surface area contributed by atoms with E-state index in [0.717, 1.165) is 11.3 Å². The van der Waals surface area contributed by atoms with E-state index in [1.165, 1.54) is 4.57 Å². The van der Waals surface area contributed by atoms with Crippen LogP contribution in [-0.2, 0) is 7.05 Å². The number of ether oxygens (including phenoxy) is 1. The second kappa shape index (κ2) is 5.88. The topological polar surface area (TPSA) is 91.6 Å². The van der Waals surface area contributed by atoms with Crippen molar-refractivity contribution in [3.05, 3.63) is 50.5 Å². The summed E-state index contributed by atoms with van der Waals surface area (Å²) in [4.78, 5) is 14.7. The molecule has 1 aromatic heterocycles. The number of hydrogen-bond donors (Lipinski definition) is 3. The molecule has 1 aromatic carbocycles. The van der Waals surface area contributed by atoms with Crippen LogP contribution in [0.15, 0.2) is 34.2 Å². The highest BCUT2D eigenvalue weighted by Gasteiger charge is 2.27. The maximum absolute atomic E-state index is 12.1. The fourth-order valence-electron chi connectivity index (χ4n) is 2.60. The maximum Gasteiger partial charge on any atom is 0.264 e. The molecule has 7 nitrogen and oxygen atoms in total. The predicted molar refractivity (Wildman–Crippen MR) is 88.6 cm³/mol. The number of para-hydroxylation sites is 1. The number of H-pyrrole nitrogens is 1. The molecule has 23 heavy (non-hydrogen) atoms. The van der Waals surface area contributed by atoms with Gasteiger partial charge in [0.25, 0.3) is 5.56 Å². The average molecular weight is 332 g/mol. The minimum atomic E-state index is -0.452. The summed E-state index contributed by atoms with van der Waals surface area (Å²) in [7, 11) is 3.19. The van der Waals surface area contributed by atoms with Gasteiger partial charge >= 0.3 is 0 Å². The molecule has 1 aliphatic rings. The lowest BCUT2D eigenvalue weighted by Gasteiger charge is -2.14. The number of hydrogen-bond acceptors (Lipinski definition) is 6. The van der Waals surface area contributed by atoms with E-state index in [1.807, 2.05) is 24.3 Å². The van der Waals surface area contributed by atoms with Gasteiger partial charge in [-0.3, -0.25) is 14.3 Å². The normalized spacial score (nSPS) is 16.8. The van der Waals surface area contributed by atoms with Crippen molar-refractivity contribution in [1.82, 2.24) is 15.0 Å². The zero-order valence-corrected chi connectivity index (χ0v) is 13.5. The lowest BCUT2D eigenvalue weighted by Crippen LogP contribution is -2.21. The number of aromatic hydroxyl groups is 1. The van der Waals surface area contributed by atoms with Gasteiger partial charge in [-0.05, 0) is 18.3 Å². The Morgan fingerprint density at radius 3 is 2.91 bits per heavy atom. The molecule has 0 bridgehead atoms. The molecule has 3 N–H and O–H groups in total. The van der Waals surface area contributed by atoms with Gasteiger partial charge in [0.1, 0.15) is 11.3 Å². The average Bonchev–Trinajstić information content (AvgIpc) is 3.02. The molecule has 1 atom stereocenters. The Kier molecular flexibility index (Phi) is 3.91. The lowest BCUT2D eigenvalue weighted by molar-refractivity contribution is 0.402. The van der Waals surface area contributed by atoms with Crippen molar-refractivity contribution in [1.29, 1.82) is 0 Å². The third kappa shape index (κ3) is 2.61. The van der Waals surface area contributed by atoms with Crippen molar-refractivity contribution in [3.8, 4) is 11.6 Å². The maximum atomic E-state index is 12.1. The van der Waals surface area contributed by atoms with E-state index in [4.69, 9.17) is 17.0 Å². The van der Waals surface area contributed by atoms with E-state index in [-0.39, 0.29) is 22.3 Å². The summed E-state index contributed by atoms with van der Waals surface area (Å²) in [5, 5.41) is 14.4. The Morgan fingerprint density at radius 1 is 1.43 bits per heavy atom. The SMILES string of the molecule is COc1ccccc1C1CC(c2c(O)n(C)c(=S)[nH]c2=O)=NN1. The van der Waals surface area contributed by atoms with Gasteiger partial charge in [-0.25, -0.2) is 0 Å². The Bertz CT molecular complexity index is 900. The summed E-state index contributed by atoms with van der Waals surface area (Å²) in [6.07, 6.45) is 0.452. The monoisotopic (exact) mass is 332 g/mol. The van der Waals surface area contributed by atoms with Crippen LogP contribution in [0.2, 0.25) is 0 Å². The van der Waals surface area contributed by atoms with Crippen LogP contribution in [0.3, 0.4) is 0 Å². The van der Waals surface area contributed by atoms with Crippen LogP contribution in [0.5, 0.6) is 11.6 Å². The molecule has 0 fully saturated rings. The van der Waals surface area contributed by atoms with E-state index in [2.05, 4.69) is 15.5 Å². The first kappa shape index (κ1) is 15.3. The zero-order chi connectivity index (χ0) is 16.6. The van der Waals surface area contributed by atoms with Crippen LogP contribution in [0, 0.1) is 4.77 Å². The van der Waals surface area contributed by atoms with Crippen molar-refractivity contribution in [2.45, 2.75) is 12.5 Å². The van der Waals surface area contributed by atoms with Crippen LogP contribution in [0.1, 0.15) is 23.6 Å². The molecular weight excluding hydrogens is 316 g/mol. The van der Waals surface area contributed by atoms with Crippen LogP contribution in [-0.4, -0.2) is 27.5 Å². The molecule has 1 aliphatic heterocycles. The van der Waals surface area contributed by atoms with E-state index < -0.39 is 5.56 Å². The van der Waals surface area contributed by atoms with E-state index in [1.54, 1.807) is 14.2 Å². The van der Waals surface area contributed by atoms with E-state index in [9.17, 15) is 9.90 Å². The minimum Gasteiger partial charge on any atom is -0.496 e. The van der Waals surface area contributed by atoms with Crippen LogP contribution in [0.4, 0.5) is 0 Å². The molecular formula is C15H16N4O3S. The third-order valence-electron chi connectivity index (χ3n) is 3.85. The third-order valence-corrected chi connectivity index (χ3v) is 4.23. The van der Waals surface area contributed by atoms with E-state index >= 15 is 0 Å². The quantitative estimate of drug-likeness (QED) is 0.743. The van der Waals surface area contributed by atoms with Crippen LogP contribution >= 0.6 is 12.2 Å². The highest BCUT2D eigenvalue weighted by atomic mass is 32.1. The van der Waals surface area contributed by atoms with Gasteiger partial charge in [-0.2, -0.15) is 5.10 Å². The molecule has 0 radical (unpaired) electrons. The Morgan fingerprint density at radius 2 is 2.17 bits per heavy atom. The number of aromatic amines is 1. The van der Waals surface area contributed by atoms with Gasteiger partial charge < -0.3 is 15.3 Å². The van der Waals surface area contributed by atoms with Gasteiger partial charge in [0.2, 0.25) is 5.88 Å². The van der Waals surface area contributed by atoms with Gasteiger partial charge in [-0.1, -0.05) is 18.2 Å². The number of nitrogens with zero attached hydrogens (tertiary/aromatic N) is 2. The number of aromatic nitrogens is 2. The Balaban J connectivity index is 1.96. The predicted octanol–water partition coefficient (Wildman–Crippen LogP) is 1.60. The molecule has 0 saturated heterocycles.